The van der Waals surface area contributed by atoms with Crippen molar-refractivity contribution in [2.24, 2.45) is 35.5 Å². The number of Topliss-reactive ketones (excluding diaryl/α,β-unsaturated/α-hetero) is 1. The van der Waals surface area contributed by atoms with E-state index in [1.165, 1.54) is 57.6 Å². The summed E-state index contributed by atoms with van der Waals surface area (Å²) in [5.41, 5.74) is 9.06. The fraction of sp³-hybridized carbons (Fsp3) is 0.527. The largest absolute Gasteiger partial charge is 2.00 e. The van der Waals surface area contributed by atoms with Gasteiger partial charge in [-0.15, -0.1) is 33.5 Å². The van der Waals surface area contributed by atoms with Crippen molar-refractivity contribution in [3.8, 4) is 0 Å². The summed E-state index contributed by atoms with van der Waals surface area (Å²) in [5, 5.41) is 5.01. The molecule has 11 heteroatoms. The van der Waals surface area contributed by atoms with Gasteiger partial charge in [0.05, 0.1) is 7.11 Å². The molecule has 2 aliphatic heterocycles. The Labute approximate surface area is 408 Å². The minimum atomic E-state index is -1.25. The van der Waals surface area contributed by atoms with Crippen LogP contribution in [-0.2, 0) is 25.5 Å². The van der Waals surface area contributed by atoms with E-state index in [-0.39, 0.29) is 59.7 Å². The summed E-state index contributed by atoms with van der Waals surface area (Å²) in [7, 11) is 1.28. The van der Waals surface area contributed by atoms with E-state index in [4.69, 9.17) is 24.4 Å². The second-order valence-electron chi connectivity index (χ2n) is 19.4. The minimum Gasteiger partial charge on any atom is -0.657 e. The first-order chi connectivity index (χ1) is 31.1. The van der Waals surface area contributed by atoms with Crippen molar-refractivity contribution < 1.29 is 28.7 Å². The maximum absolute atomic E-state index is 14.4. The monoisotopic (exact) mass is 908 g/mol. The van der Waals surface area contributed by atoms with Gasteiger partial charge in [0, 0.05) is 40.8 Å². The summed E-state index contributed by atoms with van der Waals surface area (Å²) in [6.07, 6.45) is 22.4. The number of fused-ring (bicyclic) bond motifs is 7. The van der Waals surface area contributed by atoms with E-state index in [0.717, 1.165) is 53.1 Å². The third-order valence-corrected chi connectivity index (χ3v) is 14.2. The quantitative estimate of drug-likeness (QED) is 0.0362. The molecule has 1 N–H and O–H groups in total. The molecular formula is C55H71MgN4O6-. The maximum atomic E-state index is 14.4. The Morgan fingerprint density at radius 1 is 0.864 bits per heavy atom. The van der Waals surface area contributed by atoms with Gasteiger partial charge in [0.15, 0.2) is 5.78 Å². The molecular weight excluding hydrogens is 837 g/mol. The molecule has 3 aromatic heterocycles. The van der Waals surface area contributed by atoms with Gasteiger partial charge in [0.1, 0.15) is 18.8 Å². The topological polar surface area (TPSA) is 141 Å². The average Bonchev–Trinajstić information content (AvgIpc) is 4.02. The second kappa shape index (κ2) is 23.4. The van der Waals surface area contributed by atoms with Crippen molar-refractivity contribution in [3.05, 3.63) is 96.5 Å². The van der Waals surface area contributed by atoms with Crippen molar-refractivity contribution in [1.29, 1.82) is 0 Å². The number of nitrogens with zero attached hydrogens (tertiary/aromatic N) is 3. The number of allylic oxidation sites excluding steroid dienone is 3. The van der Waals surface area contributed by atoms with Crippen LogP contribution in [0, 0.1) is 49.4 Å². The molecule has 350 valence electrons. The molecule has 10 nitrogen and oxygen atoms in total. The Bertz CT molecular complexity index is 2510. The molecule has 0 aromatic carbocycles. The number of hydrogen-bond acceptors (Lipinski definition) is 7. The molecule has 3 aliphatic rings. The van der Waals surface area contributed by atoms with Crippen LogP contribution in [0.2, 0.25) is 0 Å². The van der Waals surface area contributed by atoms with Crippen molar-refractivity contribution in [2.45, 2.75) is 139 Å². The van der Waals surface area contributed by atoms with Crippen LogP contribution in [-0.4, -0.2) is 60.8 Å². The molecule has 5 heterocycles. The predicted octanol–water partition coefficient (Wildman–Crippen LogP) is 9.09. The fourth-order valence-electron chi connectivity index (χ4n) is 10.2. The first kappa shape index (κ1) is 52.4. The zero-order valence-corrected chi connectivity index (χ0v) is 42.7. The second-order valence-corrected chi connectivity index (χ2v) is 19.4. The molecule has 8 bridgehead atoms. The van der Waals surface area contributed by atoms with E-state index < -0.39 is 11.9 Å². The molecule has 5 atom stereocenters. The van der Waals surface area contributed by atoms with E-state index in [0.29, 0.717) is 80.4 Å². The molecule has 0 radical (unpaired) electrons. The SMILES string of the molecule is C=Cc1c2[n-]c(c1C=O)/C=C1\N/C(=C3\c4[n-]c(c(C)c4C(=O)[C@@H]3C(=O)OC)/C=c3\[n-]/c(c(C)c3CC)=C\2)[C@@H](CCC(=O)OC/C=C(\C)CCC[C@H](C)CCC[C@H](C)CCCC(C)C)[C@@H]1C.[Mg+2]. The Morgan fingerprint density at radius 2 is 1.52 bits per heavy atom. The molecule has 0 spiro atoms. The molecule has 66 heavy (non-hydrogen) atoms. The van der Waals surface area contributed by atoms with Crippen molar-refractivity contribution in [1.82, 2.24) is 20.3 Å². The Morgan fingerprint density at radius 3 is 2.15 bits per heavy atom. The molecule has 1 fully saturated rings. The third-order valence-electron chi connectivity index (χ3n) is 14.2. The molecule has 0 unspecified atom stereocenters. The average molecular weight is 908 g/mol. The van der Waals surface area contributed by atoms with E-state index >= 15 is 0 Å². The number of aldehydes is 1. The number of carbonyl (C=O) groups excluding carboxylic acids is 4. The standard InChI is InChI=1S/C55H73N4O6.Mg/c1-12-38-35(8)42-27-46-39(13-2)41(30-60)47(57-46)28-43-36(9)40(52(58-43)50-51(55(63)64-11)54(62)49-37(10)44(59-53(49)50)29-45(38)56-42)23-24-48(61)65-26-25-34(7)22-16-21-33(6)20-15-19-32(5)18-14-17-31(3)4;/h13,25,27-33,36,40,51H,2,12,14-24,26H2,1,3-11H3,(H3,57,58,59,60,62);/q-1;+2/p-2/b34-25+,42-27-,45-29-;/t32-,33-,36+,40+,51-;/m1./s1. The number of aromatic nitrogens is 3. The first-order valence-corrected chi connectivity index (χ1v) is 24.1. The normalized spacial score (nSPS) is 21.4. The van der Waals surface area contributed by atoms with E-state index in [1.807, 2.05) is 45.1 Å². The Hall–Kier alpha value is -4.61. The number of rotatable bonds is 21. The molecule has 3 aromatic rings. The molecule has 1 saturated heterocycles. The van der Waals surface area contributed by atoms with Crippen LogP contribution in [0.5, 0.6) is 0 Å². The van der Waals surface area contributed by atoms with Gasteiger partial charge in [0.2, 0.25) is 0 Å². The van der Waals surface area contributed by atoms with Crippen LogP contribution >= 0.6 is 0 Å². The van der Waals surface area contributed by atoms with Crippen molar-refractivity contribution in [2.75, 3.05) is 13.7 Å². The number of esters is 2. The summed E-state index contributed by atoms with van der Waals surface area (Å²) in [6, 6.07) is 0. The van der Waals surface area contributed by atoms with Crippen LogP contribution < -0.4 is 31.0 Å². The third kappa shape index (κ3) is 11.6. The van der Waals surface area contributed by atoms with Gasteiger partial charge in [0.25, 0.3) is 0 Å². The summed E-state index contributed by atoms with van der Waals surface area (Å²) >= 11 is 0. The zero-order chi connectivity index (χ0) is 47.1. The number of ketones is 1. The van der Waals surface area contributed by atoms with Gasteiger partial charge >= 0.3 is 35.0 Å². The van der Waals surface area contributed by atoms with Crippen molar-refractivity contribution >= 4 is 76.9 Å². The summed E-state index contributed by atoms with van der Waals surface area (Å²) in [5.74, 6) is -0.937. The molecule has 1 aliphatic carbocycles. The smallest absolute Gasteiger partial charge is 0.657 e. The van der Waals surface area contributed by atoms with Gasteiger partial charge < -0.3 is 29.7 Å². The molecule has 0 saturated carbocycles. The maximum Gasteiger partial charge on any atom is 2.00 e. The van der Waals surface area contributed by atoms with Crippen LogP contribution in [0.4, 0.5) is 0 Å². The zero-order valence-electron chi connectivity index (χ0n) is 41.3. The summed E-state index contributed by atoms with van der Waals surface area (Å²) in [6.45, 7) is 23.7. The number of methoxy groups -OCH3 is 1. The van der Waals surface area contributed by atoms with Gasteiger partial charge in [-0.05, 0) is 81.4 Å². The van der Waals surface area contributed by atoms with Gasteiger partial charge in [-0.2, -0.15) is 0 Å². The molecule has 6 rings (SSSR count). The Balaban J connectivity index is 0.00000817. The number of nitrogens with one attached hydrogen (secondary N) is 1. The van der Waals surface area contributed by atoms with Crippen LogP contribution in [0.15, 0.2) is 29.6 Å². The van der Waals surface area contributed by atoms with Gasteiger partial charge in [-0.3, -0.25) is 19.2 Å². The van der Waals surface area contributed by atoms with Crippen LogP contribution in [0.1, 0.15) is 185 Å². The predicted molar refractivity (Wildman–Crippen MR) is 265 cm³/mol. The van der Waals surface area contributed by atoms with Crippen LogP contribution in [0.25, 0.3) is 29.9 Å². The first-order valence-electron chi connectivity index (χ1n) is 24.1. The fourth-order valence-corrected chi connectivity index (χ4v) is 10.2. The number of hydrogen-bond donors (Lipinski definition) is 1. The van der Waals surface area contributed by atoms with Crippen molar-refractivity contribution in [3.63, 3.8) is 0 Å². The van der Waals surface area contributed by atoms with Gasteiger partial charge in [-0.25, -0.2) is 0 Å². The molecule has 0 amide bonds. The van der Waals surface area contributed by atoms with E-state index in [2.05, 4.69) is 53.4 Å². The Kier molecular flexibility index (Phi) is 18.6. The van der Waals surface area contributed by atoms with E-state index in [1.54, 1.807) is 6.08 Å². The summed E-state index contributed by atoms with van der Waals surface area (Å²) in [4.78, 5) is 69.2. The summed E-state index contributed by atoms with van der Waals surface area (Å²) < 4.78 is 11.0. The number of ether oxygens (including phenoxy) is 2. The van der Waals surface area contributed by atoms with E-state index in [9.17, 15) is 19.2 Å². The minimum absolute atomic E-state index is 0. The van der Waals surface area contributed by atoms with Gasteiger partial charge in [-0.1, -0.05) is 140 Å². The van der Waals surface area contributed by atoms with Crippen LogP contribution in [0.3, 0.4) is 0 Å². The number of carbonyl (C=O) groups is 4.